The zero-order chi connectivity index (χ0) is 24.6. The summed E-state index contributed by atoms with van der Waals surface area (Å²) in [5, 5.41) is 4.94. The number of nitrogens with zero attached hydrogens (tertiary/aromatic N) is 5. The molecule has 7 heteroatoms. The molecule has 182 valence electrons. The molecule has 3 amide bonds. The van der Waals surface area contributed by atoms with Gasteiger partial charge in [-0.05, 0) is 30.9 Å². The van der Waals surface area contributed by atoms with E-state index in [0.29, 0.717) is 25.3 Å². The van der Waals surface area contributed by atoms with E-state index in [1.165, 1.54) is 4.90 Å². The fourth-order valence-electron chi connectivity index (χ4n) is 5.38. The van der Waals surface area contributed by atoms with Crippen LogP contribution < -0.4 is 0 Å². The van der Waals surface area contributed by atoms with Crippen molar-refractivity contribution in [2.24, 2.45) is 5.92 Å². The lowest BCUT2D eigenvalue weighted by atomic mass is 9.85. The van der Waals surface area contributed by atoms with Crippen LogP contribution in [0.15, 0.2) is 66.9 Å². The molecule has 5 rings (SSSR count). The van der Waals surface area contributed by atoms with Gasteiger partial charge in [0, 0.05) is 50.6 Å². The van der Waals surface area contributed by atoms with E-state index in [-0.39, 0.29) is 11.9 Å². The highest BCUT2D eigenvalue weighted by Gasteiger charge is 2.56. The molecule has 0 N–H and O–H groups in total. The zero-order valence-corrected chi connectivity index (χ0v) is 20.7. The second-order valence-corrected chi connectivity index (χ2v) is 10.1. The van der Waals surface area contributed by atoms with Gasteiger partial charge in [-0.15, -0.1) is 0 Å². The first-order chi connectivity index (χ1) is 16.9. The van der Waals surface area contributed by atoms with E-state index < -0.39 is 5.54 Å². The minimum absolute atomic E-state index is 0.0512. The second kappa shape index (κ2) is 9.30. The van der Waals surface area contributed by atoms with Crippen molar-refractivity contribution in [2.45, 2.75) is 38.8 Å². The highest BCUT2D eigenvalue weighted by molar-refractivity contribution is 6.06. The lowest BCUT2D eigenvalue weighted by Gasteiger charge is -2.42. The summed E-state index contributed by atoms with van der Waals surface area (Å²) >= 11 is 0. The smallest absolute Gasteiger partial charge is 0.309 e. The van der Waals surface area contributed by atoms with E-state index in [2.05, 4.69) is 49.2 Å². The molecular formula is C28H33N5O2. The molecule has 35 heavy (non-hydrogen) atoms. The molecule has 0 aliphatic carbocycles. The molecule has 0 saturated carbocycles. The number of carbonyl (C=O) groups excluding carboxylic acids is 2. The summed E-state index contributed by atoms with van der Waals surface area (Å²) in [4.78, 5) is 31.6. The summed E-state index contributed by atoms with van der Waals surface area (Å²) in [5.74, 6) is 0.259. The predicted molar refractivity (Wildman–Crippen MR) is 136 cm³/mol. The van der Waals surface area contributed by atoms with Gasteiger partial charge >= 0.3 is 6.03 Å². The quantitative estimate of drug-likeness (QED) is 0.499. The molecule has 7 nitrogen and oxygen atoms in total. The van der Waals surface area contributed by atoms with E-state index in [1.807, 2.05) is 46.0 Å². The summed E-state index contributed by atoms with van der Waals surface area (Å²) in [5.41, 5.74) is 3.54. The van der Waals surface area contributed by atoms with Crippen molar-refractivity contribution >= 4 is 11.9 Å². The zero-order valence-electron chi connectivity index (χ0n) is 20.7. The number of rotatable bonds is 6. The molecule has 0 radical (unpaired) electrons. The van der Waals surface area contributed by atoms with E-state index in [1.54, 1.807) is 7.05 Å². The monoisotopic (exact) mass is 471 g/mol. The highest BCUT2D eigenvalue weighted by atomic mass is 16.2. The minimum atomic E-state index is -0.705. The Morgan fingerprint density at radius 2 is 1.57 bits per heavy atom. The van der Waals surface area contributed by atoms with Crippen LogP contribution in [0.3, 0.4) is 0 Å². The first kappa shape index (κ1) is 23.3. The number of hydrogen-bond donors (Lipinski definition) is 0. The summed E-state index contributed by atoms with van der Waals surface area (Å²) in [6.45, 7) is 7.05. The molecule has 3 heterocycles. The fourth-order valence-corrected chi connectivity index (χ4v) is 5.38. The first-order valence-corrected chi connectivity index (χ1v) is 12.4. The molecule has 0 atom stereocenters. The van der Waals surface area contributed by atoms with Gasteiger partial charge in [0.25, 0.3) is 5.91 Å². The molecule has 2 aliphatic heterocycles. The molecule has 1 spiro atoms. The van der Waals surface area contributed by atoms with E-state index in [9.17, 15) is 9.59 Å². The number of amides is 3. The Labute approximate surface area is 206 Å². The number of imide groups is 1. The van der Waals surface area contributed by atoms with Crippen LogP contribution in [0.25, 0.3) is 16.9 Å². The van der Waals surface area contributed by atoms with Crippen LogP contribution >= 0.6 is 0 Å². The van der Waals surface area contributed by atoms with Gasteiger partial charge < -0.3 is 4.90 Å². The Morgan fingerprint density at radius 1 is 0.943 bits per heavy atom. The van der Waals surface area contributed by atoms with Crippen molar-refractivity contribution in [1.29, 1.82) is 0 Å². The summed E-state index contributed by atoms with van der Waals surface area (Å²) in [6, 6.07) is 20.3. The van der Waals surface area contributed by atoms with Crippen LogP contribution in [0.2, 0.25) is 0 Å². The van der Waals surface area contributed by atoms with Crippen LogP contribution in [0.4, 0.5) is 4.79 Å². The van der Waals surface area contributed by atoms with Crippen molar-refractivity contribution < 1.29 is 9.59 Å². The average Bonchev–Trinajstić information content (AvgIpc) is 3.37. The average molecular weight is 472 g/mol. The number of likely N-dealkylation sites (tertiary alicyclic amines) is 1. The summed E-state index contributed by atoms with van der Waals surface area (Å²) in [7, 11) is 1.61. The third-order valence-corrected chi connectivity index (χ3v) is 7.22. The maximum Gasteiger partial charge on any atom is 0.327 e. The maximum atomic E-state index is 13.2. The van der Waals surface area contributed by atoms with Gasteiger partial charge in [0.05, 0.1) is 11.4 Å². The van der Waals surface area contributed by atoms with Crippen LogP contribution in [-0.2, 0) is 11.3 Å². The van der Waals surface area contributed by atoms with Gasteiger partial charge in [0.2, 0.25) is 0 Å². The molecule has 2 aliphatic rings. The molecule has 1 aromatic heterocycles. The maximum absolute atomic E-state index is 13.2. The predicted octanol–water partition coefficient (Wildman–Crippen LogP) is 4.42. The number of piperidine rings is 1. The number of benzene rings is 2. The molecule has 2 aromatic carbocycles. The van der Waals surface area contributed by atoms with Gasteiger partial charge in [-0.3, -0.25) is 14.6 Å². The Balaban J connectivity index is 1.39. The summed E-state index contributed by atoms with van der Waals surface area (Å²) in [6.07, 6.45) is 3.43. The lowest BCUT2D eigenvalue weighted by Crippen LogP contribution is -2.57. The molecular weight excluding hydrogens is 438 g/mol. The van der Waals surface area contributed by atoms with Crippen molar-refractivity contribution in [1.82, 2.24) is 24.5 Å². The molecule has 0 bridgehead atoms. The second-order valence-electron chi connectivity index (χ2n) is 10.1. The Hall–Kier alpha value is -3.45. The Morgan fingerprint density at radius 3 is 2.20 bits per heavy atom. The number of aromatic nitrogens is 2. The lowest BCUT2D eigenvalue weighted by molar-refractivity contribution is -0.135. The Kier molecular flexibility index (Phi) is 6.19. The number of para-hydroxylation sites is 1. The topological polar surface area (TPSA) is 61.7 Å². The Bertz CT molecular complexity index is 1200. The van der Waals surface area contributed by atoms with Gasteiger partial charge in [-0.2, -0.15) is 5.10 Å². The molecule has 2 fully saturated rings. The molecule has 3 aromatic rings. The molecule has 2 saturated heterocycles. The van der Waals surface area contributed by atoms with Gasteiger partial charge in [0.15, 0.2) is 0 Å². The van der Waals surface area contributed by atoms with Crippen LogP contribution in [0.5, 0.6) is 0 Å². The van der Waals surface area contributed by atoms with Gasteiger partial charge in [-0.1, -0.05) is 62.4 Å². The molecule has 0 unspecified atom stereocenters. The third-order valence-electron chi connectivity index (χ3n) is 7.22. The van der Waals surface area contributed by atoms with Gasteiger partial charge in [0.1, 0.15) is 5.54 Å². The number of hydrogen-bond acceptors (Lipinski definition) is 4. The first-order valence-electron chi connectivity index (χ1n) is 12.4. The summed E-state index contributed by atoms with van der Waals surface area (Å²) < 4.78 is 1.95. The van der Waals surface area contributed by atoms with Crippen molar-refractivity contribution in [3.8, 4) is 16.9 Å². The van der Waals surface area contributed by atoms with Crippen LogP contribution in [-0.4, -0.2) is 68.6 Å². The van der Waals surface area contributed by atoms with Crippen LogP contribution in [0.1, 0.15) is 32.3 Å². The van der Waals surface area contributed by atoms with Crippen molar-refractivity contribution in [3.05, 3.63) is 72.4 Å². The standard InChI is InChI=1S/C28H33N5O2/c1-21(2)18-32-27(35)30(3)26(34)28(32)14-16-31(17-15-28)19-23-20-33(24-12-8-5-9-13-24)29-25(23)22-10-6-4-7-11-22/h4-13,20-21H,14-19H2,1-3H3. The number of carbonyl (C=O) groups is 2. The normalized spacial score (nSPS) is 18.3. The largest absolute Gasteiger partial charge is 0.327 e. The third kappa shape index (κ3) is 4.25. The SMILES string of the molecule is CC(C)CN1C(=O)N(C)C(=O)C12CCN(Cc1cn(-c3ccccc3)nc1-c1ccccc1)CC2. The van der Waals surface area contributed by atoms with E-state index >= 15 is 0 Å². The van der Waals surface area contributed by atoms with E-state index in [0.717, 1.165) is 42.1 Å². The van der Waals surface area contributed by atoms with E-state index in [4.69, 9.17) is 5.10 Å². The van der Waals surface area contributed by atoms with Crippen molar-refractivity contribution in [3.63, 3.8) is 0 Å². The highest BCUT2D eigenvalue weighted by Crippen LogP contribution is 2.38. The van der Waals surface area contributed by atoms with Crippen molar-refractivity contribution in [2.75, 3.05) is 26.7 Å². The number of likely N-dealkylation sites (N-methyl/N-ethyl adjacent to an activating group) is 1. The fraction of sp³-hybridized carbons (Fsp3) is 0.393. The van der Waals surface area contributed by atoms with Crippen LogP contribution in [0, 0.1) is 5.92 Å². The minimum Gasteiger partial charge on any atom is -0.309 e. The number of urea groups is 1. The van der Waals surface area contributed by atoms with Gasteiger partial charge in [-0.25, -0.2) is 9.48 Å².